The summed E-state index contributed by atoms with van der Waals surface area (Å²) < 4.78 is 0. The van der Waals surface area contributed by atoms with Crippen LogP contribution in [0.5, 0.6) is 0 Å². The van der Waals surface area contributed by atoms with E-state index in [-0.39, 0.29) is 0 Å². The zero-order chi connectivity index (χ0) is 11.5. The zero-order valence-electron chi connectivity index (χ0n) is 9.48. The van der Waals surface area contributed by atoms with Crippen molar-refractivity contribution in [2.75, 3.05) is 20.1 Å². The molecule has 1 saturated heterocycles. The Hall–Kier alpha value is -0.520. The first-order valence-corrected chi connectivity index (χ1v) is 6.85. The summed E-state index contributed by atoms with van der Waals surface area (Å²) in [4.78, 5) is 7.54. The van der Waals surface area contributed by atoms with Crippen LogP contribution in [0.4, 0.5) is 0 Å². The summed E-state index contributed by atoms with van der Waals surface area (Å²) >= 11 is 6.57. The van der Waals surface area contributed by atoms with Crippen LogP contribution >= 0.6 is 23.6 Å². The second kappa shape index (κ2) is 5.21. The first-order valence-electron chi connectivity index (χ1n) is 5.56. The van der Waals surface area contributed by atoms with Gasteiger partial charge in [-0.3, -0.25) is 0 Å². The van der Waals surface area contributed by atoms with E-state index in [1.807, 2.05) is 0 Å². The van der Waals surface area contributed by atoms with Crippen LogP contribution in [0.15, 0.2) is 5.38 Å². The van der Waals surface area contributed by atoms with Crippen LogP contribution in [0.3, 0.4) is 0 Å². The zero-order valence-corrected chi connectivity index (χ0v) is 11.1. The number of hydrogen-bond acceptors (Lipinski definition) is 4. The minimum Gasteiger partial charge on any atom is -0.393 e. The lowest BCUT2D eigenvalue weighted by molar-refractivity contribution is 0.249. The van der Waals surface area contributed by atoms with Crippen LogP contribution < -0.4 is 5.73 Å². The lowest BCUT2D eigenvalue weighted by atomic mass is 9.96. The molecule has 0 spiro atoms. The number of hydrogen-bond donors (Lipinski definition) is 1. The largest absolute Gasteiger partial charge is 0.393 e. The quantitative estimate of drug-likeness (QED) is 0.836. The van der Waals surface area contributed by atoms with Crippen molar-refractivity contribution in [1.29, 1.82) is 0 Å². The molecule has 1 unspecified atom stereocenters. The summed E-state index contributed by atoms with van der Waals surface area (Å²) in [6.07, 6.45) is 3.16. The van der Waals surface area contributed by atoms with Crippen molar-refractivity contribution in [1.82, 2.24) is 9.88 Å². The Bertz CT molecular complexity index is 375. The molecule has 16 heavy (non-hydrogen) atoms. The van der Waals surface area contributed by atoms with E-state index in [0.29, 0.717) is 17.3 Å². The molecule has 1 fully saturated rings. The van der Waals surface area contributed by atoms with Gasteiger partial charge >= 0.3 is 0 Å². The van der Waals surface area contributed by atoms with Crippen molar-refractivity contribution in [3.63, 3.8) is 0 Å². The van der Waals surface area contributed by atoms with Crippen LogP contribution in [-0.2, 0) is 6.42 Å². The number of likely N-dealkylation sites (tertiary alicyclic amines) is 1. The lowest BCUT2D eigenvalue weighted by Crippen LogP contribution is -2.30. The number of rotatable bonds is 3. The van der Waals surface area contributed by atoms with Gasteiger partial charge in [0, 0.05) is 24.3 Å². The van der Waals surface area contributed by atoms with Gasteiger partial charge < -0.3 is 10.6 Å². The Morgan fingerprint density at radius 1 is 1.75 bits per heavy atom. The Morgan fingerprint density at radius 2 is 2.56 bits per heavy atom. The molecule has 1 aliphatic rings. The van der Waals surface area contributed by atoms with Gasteiger partial charge in [0.2, 0.25) is 0 Å². The van der Waals surface area contributed by atoms with Gasteiger partial charge in [-0.1, -0.05) is 12.2 Å². The molecule has 0 aromatic carbocycles. The third-order valence-corrected chi connectivity index (χ3v) is 3.95. The smallest absolute Gasteiger partial charge is 0.0995 e. The number of thiazole rings is 1. The summed E-state index contributed by atoms with van der Waals surface area (Å²) in [5, 5.41) is 3.22. The van der Waals surface area contributed by atoms with Crippen LogP contribution in [0.25, 0.3) is 0 Å². The maximum atomic E-state index is 5.52. The maximum absolute atomic E-state index is 5.52. The van der Waals surface area contributed by atoms with Crippen molar-refractivity contribution in [2.24, 2.45) is 5.73 Å². The van der Waals surface area contributed by atoms with Crippen molar-refractivity contribution in [3.05, 3.63) is 16.1 Å². The third kappa shape index (κ3) is 2.99. The van der Waals surface area contributed by atoms with Gasteiger partial charge in [-0.05, 0) is 26.4 Å². The summed E-state index contributed by atoms with van der Waals surface area (Å²) in [6.45, 7) is 2.33. The molecule has 1 atom stereocenters. The van der Waals surface area contributed by atoms with Gasteiger partial charge in [0.05, 0.1) is 15.7 Å². The van der Waals surface area contributed by atoms with E-state index in [9.17, 15) is 0 Å². The minimum atomic E-state index is 0.529. The van der Waals surface area contributed by atoms with Crippen LogP contribution in [0.1, 0.15) is 29.5 Å². The molecule has 0 amide bonds. The molecule has 0 bridgehead atoms. The molecule has 0 aliphatic carbocycles. The van der Waals surface area contributed by atoms with E-state index >= 15 is 0 Å². The highest BCUT2D eigenvalue weighted by Gasteiger charge is 2.21. The summed E-state index contributed by atoms with van der Waals surface area (Å²) in [5.74, 6) is 0.593. The summed E-state index contributed by atoms with van der Waals surface area (Å²) in [6, 6.07) is 0. The third-order valence-electron chi connectivity index (χ3n) is 2.94. The molecule has 88 valence electrons. The van der Waals surface area contributed by atoms with E-state index in [1.165, 1.54) is 25.1 Å². The van der Waals surface area contributed by atoms with Gasteiger partial charge in [-0.25, -0.2) is 4.98 Å². The second-order valence-electron chi connectivity index (χ2n) is 4.41. The molecule has 1 aromatic heterocycles. The normalized spacial score (nSPS) is 22.2. The average Bonchev–Trinajstić information content (AvgIpc) is 2.65. The Labute approximate surface area is 106 Å². The fourth-order valence-electron chi connectivity index (χ4n) is 2.15. The average molecular weight is 255 g/mol. The molecule has 3 nitrogen and oxygen atoms in total. The molecule has 1 aliphatic heterocycles. The number of nitrogens with two attached hydrogens (primary N) is 1. The van der Waals surface area contributed by atoms with Crippen molar-refractivity contribution in [2.45, 2.75) is 25.2 Å². The molecule has 1 aromatic rings. The van der Waals surface area contributed by atoms with Gasteiger partial charge in [-0.15, -0.1) is 11.3 Å². The van der Waals surface area contributed by atoms with E-state index in [1.54, 1.807) is 11.3 Å². The van der Waals surface area contributed by atoms with E-state index < -0.39 is 0 Å². The summed E-state index contributed by atoms with van der Waals surface area (Å²) in [5.41, 5.74) is 6.75. The van der Waals surface area contributed by atoms with Crippen molar-refractivity contribution < 1.29 is 0 Å². The number of nitrogens with zero attached hydrogens (tertiary/aromatic N) is 2. The fourth-order valence-corrected chi connectivity index (χ4v) is 3.28. The Kier molecular flexibility index (Phi) is 3.89. The molecule has 2 N–H and O–H groups in total. The first-order chi connectivity index (χ1) is 7.65. The molecule has 2 heterocycles. The topological polar surface area (TPSA) is 42.1 Å². The fraction of sp³-hybridized carbons (Fsp3) is 0.636. The van der Waals surface area contributed by atoms with Crippen molar-refractivity contribution in [3.8, 4) is 0 Å². The standard InChI is InChI=1S/C11H17N3S2/c1-14-4-2-3-8(6-14)9-7-16-11(13-9)5-10(12)15/h7-8H,2-6H2,1H3,(H2,12,15). The SMILES string of the molecule is CN1CCCC(c2csc(CC(N)=S)n2)C1. The highest BCUT2D eigenvalue weighted by Crippen LogP contribution is 2.27. The molecule has 0 saturated carbocycles. The Balaban J connectivity index is 2.03. The van der Waals surface area contributed by atoms with Crippen LogP contribution in [-0.4, -0.2) is 35.0 Å². The number of thiocarbonyl (C=S) groups is 1. The van der Waals surface area contributed by atoms with E-state index in [4.69, 9.17) is 18.0 Å². The van der Waals surface area contributed by atoms with E-state index in [0.717, 1.165) is 11.6 Å². The monoisotopic (exact) mass is 255 g/mol. The predicted molar refractivity (Wildman–Crippen MR) is 72.1 cm³/mol. The van der Waals surface area contributed by atoms with Crippen molar-refractivity contribution >= 4 is 28.5 Å². The van der Waals surface area contributed by atoms with Gasteiger partial charge in [-0.2, -0.15) is 0 Å². The Morgan fingerprint density at radius 3 is 3.25 bits per heavy atom. The first kappa shape index (κ1) is 12.0. The molecular weight excluding hydrogens is 238 g/mol. The van der Waals surface area contributed by atoms with Gasteiger partial charge in [0.1, 0.15) is 0 Å². The highest BCUT2D eigenvalue weighted by molar-refractivity contribution is 7.80. The van der Waals surface area contributed by atoms with Gasteiger partial charge in [0.15, 0.2) is 0 Å². The summed E-state index contributed by atoms with van der Waals surface area (Å²) in [7, 11) is 2.18. The number of piperidine rings is 1. The lowest BCUT2D eigenvalue weighted by Gasteiger charge is -2.28. The molecule has 5 heteroatoms. The van der Waals surface area contributed by atoms with Crippen LogP contribution in [0, 0.1) is 0 Å². The maximum Gasteiger partial charge on any atom is 0.0995 e. The number of likely N-dealkylation sites (N-methyl/N-ethyl adjacent to an activating group) is 1. The predicted octanol–water partition coefficient (Wildman–Crippen LogP) is 1.78. The number of aromatic nitrogens is 1. The molecular formula is C11H17N3S2. The van der Waals surface area contributed by atoms with Gasteiger partial charge in [0.25, 0.3) is 0 Å². The minimum absolute atomic E-state index is 0.529. The highest BCUT2D eigenvalue weighted by atomic mass is 32.1. The van der Waals surface area contributed by atoms with Crippen LogP contribution in [0.2, 0.25) is 0 Å². The second-order valence-corrected chi connectivity index (χ2v) is 5.88. The molecule has 0 radical (unpaired) electrons. The van der Waals surface area contributed by atoms with E-state index in [2.05, 4.69) is 22.3 Å². The molecule has 2 rings (SSSR count).